The van der Waals surface area contributed by atoms with Gasteiger partial charge in [-0.05, 0) is 18.2 Å². The van der Waals surface area contributed by atoms with Gasteiger partial charge in [0.25, 0.3) is 0 Å². The molecule has 0 aliphatic rings. The van der Waals surface area contributed by atoms with E-state index in [1.165, 1.54) is 11.3 Å². The van der Waals surface area contributed by atoms with Gasteiger partial charge in [0, 0.05) is 11.1 Å². The van der Waals surface area contributed by atoms with Gasteiger partial charge in [-0.15, -0.1) is 23.7 Å². The summed E-state index contributed by atoms with van der Waals surface area (Å²) >= 11 is 7.48. The maximum absolute atomic E-state index is 5.95. The molecule has 3 nitrogen and oxygen atoms in total. The molecule has 0 fully saturated rings. The Morgan fingerprint density at radius 3 is 2.88 bits per heavy atom. The molecule has 86 valence electrons. The fraction of sp³-hybridized carbons (Fsp3) is 0.100. The molecule has 0 saturated carbocycles. The van der Waals surface area contributed by atoms with Crippen molar-refractivity contribution in [1.82, 2.24) is 4.98 Å². The summed E-state index contributed by atoms with van der Waals surface area (Å²) in [5.41, 5.74) is 8.86. The van der Waals surface area contributed by atoms with Crippen LogP contribution in [0.1, 0.15) is 5.69 Å². The number of aromatic nitrogens is 1. The Bertz CT molecular complexity index is 448. The van der Waals surface area contributed by atoms with Crippen LogP contribution in [-0.2, 0) is 6.61 Å². The van der Waals surface area contributed by atoms with Crippen LogP contribution in [0.5, 0.6) is 5.75 Å². The number of hydrogen-bond acceptors (Lipinski definition) is 4. The maximum Gasteiger partial charge on any atom is 0.138 e. The number of anilines is 1. The second-order valence-corrected chi connectivity index (χ2v) is 4.08. The number of benzene rings is 1. The van der Waals surface area contributed by atoms with Crippen molar-refractivity contribution in [2.75, 3.05) is 5.73 Å². The molecule has 1 aromatic carbocycles. The zero-order valence-corrected chi connectivity index (χ0v) is 10.6. The van der Waals surface area contributed by atoms with E-state index < -0.39 is 0 Å². The lowest BCUT2D eigenvalue weighted by Gasteiger charge is -2.06. The monoisotopic (exact) mass is 276 g/mol. The Labute approximate surface area is 109 Å². The summed E-state index contributed by atoms with van der Waals surface area (Å²) in [4.78, 5) is 4.10. The lowest BCUT2D eigenvalue weighted by Crippen LogP contribution is -1.96. The van der Waals surface area contributed by atoms with E-state index in [9.17, 15) is 0 Å². The zero-order chi connectivity index (χ0) is 10.7. The molecule has 1 aromatic heterocycles. The van der Waals surface area contributed by atoms with E-state index in [1.54, 1.807) is 23.7 Å². The number of nitrogen functional groups attached to an aromatic ring is 1. The van der Waals surface area contributed by atoms with Crippen molar-refractivity contribution in [3.8, 4) is 5.75 Å². The number of nitrogens with two attached hydrogens (primary N) is 1. The fourth-order valence-electron chi connectivity index (χ4n) is 1.09. The SMILES string of the molecule is Cl.Nc1ccc(OCc2cscn2)c(Cl)c1. The summed E-state index contributed by atoms with van der Waals surface area (Å²) in [6.07, 6.45) is 0. The van der Waals surface area contributed by atoms with Gasteiger partial charge in [-0.3, -0.25) is 0 Å². The predicted molar refractivity (Wildman–Crippen MR) is 69.6 cm³/mol. The molecule has 0 bridgehead atoms. The van der Waals surface area contributed by atoms with E-state index >= 15 is 0 Å². The highest BCUT2D eigenvalue weighted by Gasteiger charge is 2.02. The van der Waals surface area contributed by atoms with Crippen LogP contribution in [0.4, 0.5) is 5.69 Å². The Hall–Kier alpha value is -0.970. The van der Waals surface area contributed by atoms with Crippen LogP contribution in [0, 0.1) is 0 Å². The van der Waals surface area contributed by atoms with Gasteiger partial charge >= 0.3 is 0 Å². The third kappa shape index (κ3) is 3.27. The molecule has 0 saturated heterocycles. The third-order valence-corrected chi connectivity index (χ3v) is 2.75. The number of rotatable bonds is 3. The van der Waals surface area contributed by atoms with Gasteiger partial charge in [-0.2, -0.15) is 0 Å². The fourth-order valence-corrected chi connectivity index (χ4v) is 1.88. The van der Waals surface area contributed by atoms with Gasteiger partial charge in [-0.25, -0.2) is 4.98 Å². The van der Waals surface area contributed by atoms with Crippen LogP contribution < -0.4 is 10.5 Å². The summed E-state index contributed by atoms with van der Waals surface area (Å²) in [7, 11) is 0. The Balaban J connectivity index is 0.00000128. The third-order valence-electron chi connectivity index (χ3n) is 1.81. The van der Waals surface area contributed by atoms with Gasteiger partial charge in [0.05, 0.1) is 16.2 Å². The number of nitrogens with zero attached hydrogens (tertiary/aromatic N) is 1. The standard InChI is InChI=1S/C10H9ClN2OS.ClH/c11-9-3-7(12)1-2-10(9)14-4-8-5-15-6-13-8;/h1-3,5-6H,4,12H2;1H. The Morgan fingerprint density at radius 2 is 2.25 bits per heavy atom. The molecule has 0 spiro atoms. The van der Waals surface area contributed by atoms with E-state index in [4.69, 9.17) is 22.1 Å². The first-order valence-electron chi connectivity index (χ1n) is 4.30. The number of halogens is 2. The average molecular weight is 277 g/mol. The normalized spacial score (nSPS) is 9.56. The summed E-state index contributed by atoms with van der Waals surface area (Å²) in [6, 6.07) is 5.17. The van der Waals surface area contributed by atoms with Crippen molar-refractivity contribution in [2.45, 2.75) is 6.61 Å². The second-order valence-electron chi connectivity index (χ2n) is 2.96. The van der Waals surface area contributed by atoms with Gasteiger partial charge < -0.3 is 10.5 Å². The Kier molecular flexibility index (Phi) is 4.86. The minimum Gasteiger partial charge on any atom is -0.486 e. The van der Waals surface area contributed by atoms with Crippen LogP contribution in [0.25, 0.3) is 0 Å². The van der Waals surface area contributed by atoms with Crippen molar-refractivity contribution >= 4 is 41.0 Å². The van der Waals surface area contributed by atoms with Crippen molar-refractivity contribution in [1.29, 1.82) is 0 Å². The number of hydrogen-bond donors (Lipinski definition) is 1. The molecule has 0 atom stereocenters. The molecule has 0 amide bonds. The highest BCUT2D eigenvalue weighted by Crippen LogP contribution is 2.26. The van der Waals surface area contributed by atoms with Crippen molar-refractivity contribution in [2.24, 2.45) is 0 Å². The molecule has 6 heteroatoms. The minimum atomic E-state index is 0. The molecule has 0 unspecified atom stereocenters. The molecule has 2 N–H and O–H groups in total. The number of thiazole rings is 1. The highest BCUT2D eigenvalue weighted by molar-refractivity contribution is 7.07. The van der Waals surface area contributed by atoms with Crippen LogP contribution in [-0.4, -0.2) is 4.98 Å². The summed E-state index contributed by atoms with van der Waals surface area (Å²) in [6.45, 7) is 0.424. The summed E-state index contributed by atoms with van der Waals surface area (Å²) < 4.78 is 5.49. The molecule has 16 heavy (non-hydrogen) atoms. The Morgan fingerprint density at radius 1 is 1.44 bits per heavy atom. The van der Waals surface area contributed by atoms with Crippen molar-refractivity contribution < 1.29 is 4.74 Å². The molecule has 2 rings (SSSR count). The van der Waals surface area contributed by atoms with E-state index in [2.05, 4.69) is 4.98 Å². The van der Waals surface area contributed by atoms with Gasteiger partial charge in [0.15, 0.2) is 0 Å². The molecule has 1 heterocycles. The lowest BCUT2D eigenvalue weighted by molar-refractivity contribution is 0.302. The summed E-state index contributed by atoms with van der Waals surface area (Å²) in [5, 5.41) is 2.45. The smallest absolute Gasteiger partial charge is 0.138 e. The zero-order valence-electron chi connectivity index (χ0n) is 8.22. The molecular formula is C10H10Cl2N2OS. The number of ether oxygens (including phenoxy) is 1. The van der Waals surface area contributed by atoms with Crippen molar-refractivity contribution in [3.63, 3.8) is 0 Å². The average Bonchev–Trinajstić information content (AvgIpc) is 2.69. The van der Waals surface area contributed by atoms with Crippen molar-refractivity contribution in [3.05, 3.63) is 39.8 Å². The molecule has 2 aromatic rings. The predicted octanol–water partition coefficient (Wildman–Crippen LogP) is 3.38. The lowest BCUT2D eigenvalue weighted by atomic mass is 10.3. The van der Waals surface area contributed by atoms with Crippen LogP contribution in [0.15, 0.2) is 29.1 Å². The van der Waals surface area contributed by atoms with Crippen LogP contribution >= 0.6 is 35.3 Å². The molecule has 0 aliphatic heterocycles. The van der Waals surface area contributed by atoms with Gasteiger partial charge in [-0.1, -0.05) is 11.6 Å². The maximum atomic E-state index is 5.95. The first-order valence-corrected chi connectivity index (χ1v) is 5.62. The minimum absolute atomic E-state index is 0. The van der Waals surface area contributed by atoms with E-state index in [1.807, 2.05) is 5.38 Å². The topological polar surface area (TPSA) is 48.1 Å². The van der Waals surface area contributed by atoms with Crippen LogP contribution in [0.3, 0.4) is 0 Å². The molecule has 0 aliphatic carbocycles. The summed E-state index contributed by atoms with van der Waals surface area (Å²) in [5.74, 6) is 0.624. The quantitative estimate of drug-likeness (QED) is 0.875. The van der Waals surface area contributed by atoms with Gasteiger partial charge in [0.1, 0.15) is 12.4 Å². The highest BCUT2D eigenvalue weighted by atomic mass is 35.5. The first-order chi connectivity index (χ1) is 7.25. The molecule has 0 radical (unpaired) electrons. The van der Waals surface area contributed by atoms with E-state index in [-0.39, 0.29) is 12.4 Å². The second kappa shape index (κ2) is 5.94. The molecular weight excluding hydrogens is 267 g/mol. The van der Waals surface area contributed by atoms with E-state index in [0.29, 0.717) is 23.1 Å². The van der Waals surface area contributed by atoms with E-state index in [0.717, 1.165) is 5.69 Å². The largest absolute Gasteiger partial charge is 0.486 e. The first kappa shape index (κ1) is 13.1. The van der Waals surface area contributed by atoms with Crippen LogP contribution in [0.2, 0.25) is 5.02 Å². The van der Waals surface area contributed by atoms with Gasteiger partial charge in [0.2, 0.25) is 0 Å².